The number of para-hydroxylation sites is 3. The average molecular weight is 356 g/mol. The number of aromatic hydroxyl groups is 1. The zero-order chi connectivity index (χ0) is 18.8. The molecular weight excluding hydrogens is 336 g/mol. The summed E-state index contributed by atoms with van der Waals surface area (Å²) in [5.74, 6) is 0.998. The summed E-state index contributed by atoms with van der Waals surface area (Å²) in [5, 5.41) is 10.9. The minimum absolute atomic E-state index is 0.0738. The first-order valence-corrected chi connectivity index (χ1v) is 8.98. The molecule has 1 N–H and O–H groups in total. The molecule has 4 aromatic rings. The van der Waals surface area contributed by atoms with Crippen LogP contribution >= 0.6 is 0 Å². The third-order valence-electron chi connectivity index (χ3n) is 4.80. The Morgan fingerprint density at radius 2 is 1.63 bits per heavy atom. The Kier molecular flexibility index (Phi) is 4.47. The smallest absolute Gasteiger partial charge is 0.265 e. The van der Waals surface area contributed by atoms with E-state index in [9.17, 15) is 9.90 Å². The van der Waals surface area contributed by atoms with Gasteiger partial charge in [-0.05, 0) is 48.7 Å². The Balaban J connectivity index is 1.83. The first kappa shape index (κ1) is 17.0. The highest BCUT2D eigenvalue weighted by Crippen LogP contribution is 2.23. The van der Waals surface area contributed by atoms with E-state index < -0.39 is 0 Å². The monoisotopic (exact) mass is 356 g/mol. The van der Waals surface area contributed by atoms with E-state index in [0.29, 0.717) is 35.3 Å². The number of hydrogen-bond acceptors (Lipinski definition) is 3. The quantitative estimate of drug-likeness (QED) is 0.597. The second-order valence-corrected chi connectivity index (χ2v) is 6.60. The second-order valence-electron chi connectivity index (χ2n) is 6.60. The van der Waals surface area contributed by atoms with Gasteiger partial charge in [-0.15, -0.1) is 0 Å². The van der Waals surface area contributed by atoms with Crippen molar-refractivity contribution >= 4 is 10.9 Å². The van der Waals surface area contributed by atoms with Gasteiger partial charge in [0.2, 0.25) is 0 Å². The highest BCUT2D eigenvalue weighted by Gasteiger charge is 2.13. The molecule has 0 radical (unpaired) electrons. The van der Waals surface area contributed by atoms with E-state index in [1.807, 2.05) is 73.7 Å². The number of benzene rings is 3. The van der Waals surface area contributed by atoms with Crippen molar-refractivity contribution in [2.75, 3.05) is 0 Å². The van der Waals surface area contributed by atoms with Gasteiger partial charge in [-0.2, -0.15) is 0 Å². The van der Waals surface area contributed by atoms with Gasteiger partial charge in [-0.1, -0.05) is 48.5 Å². The van der Waals surface area contributed by atoms with Crippen LogP contribution in [-0.2, 0) is 12.8 Å². The van der Waals surface area contributed by atoms with E-state index in [1.54, 1.807) is 10.6 Å². The Bertz CT molecular complexity index is 1160. The van der Waals surface area contributed by atoms with E-state index in [2.05, 4.69) is 0 Å². The topological polar surface area (TPSA) is 55.1 Å². The van der Waals surface area contributed by atoms with Crippen molar-refractivity contribution in [2.45, 2.75) is 19.8 Å². The van der Waals surface area contributed by atoms with Crippen LogP contribution in [-0.4, -0.2) is 14.7 Å². The molecule has 0 bridgehead atoms. The van der Waals surface area contributed by atoms with E-state index in [-0.39, 0.29) is 5.56 Å². The summed E-state index contributed by atoms with van der Waals surface area (Å²) in [6, 6.07) is 22.7. The number of hydrogen-bond donors (Lipinski definition) is 1. The lowest BCUT2D eigenvalue weighted by atomic mass is 10.0. The van der Waals surface area contributed by atoms with E-state index >= 15 is 0 Å². The number of nitrogens with zero attached hydrogens (tertiary/aromatic N) is 2. The van der Waals surface area contributed by atoms with Crippen LogP contribution in [0.25, 0.3) is 16.6 Å². The molecule has 0 aliphatic carbocycles. The van der Waals surface area contributed by atoms with Crippen LogP contribution < -0.4 is 5.56 Å². The number of aryl methyl sites for hydroxylation is 3. The number of phenols is 1. The van der Waals surface area contributed by atoms with Crippen LogP contribution in [0.5, 0.6) is 5.75 Å². The summed E-state index contributed by atoms with van der Waals surface area (Å²) < 4.78 is 1.68. The van der Waals surface area contributed by atoms with E-state index in [1.165, 1.54) is 0 Å². The predicted octanol–water partition coefficient (Wildman–Crippen LogP) is 4.18. The van der Waals surface area contributed by atoms with Gasteiger partial charge in [0.25, 0.3) is 5.56 Å². The molecule has 0 aliphatic rings. The normalized spacial score (nSPS) is 11.0. The number of aromatic nitrogens is 2. The molecule has 1 heterocycles. The van der Waals surface area contributed by atoms with Gasteiger partial charge >= 0.3 is 0 Å². The van der Waals surface area contributed by atoms with E-state index in [4.69, 9.17) is 4.98 Å². The van der Waals surface area contributed by atoms with Gasteiger partial charge in [0, 0.05) is 6.42 Å². The Hall–Kier alpha value is -3.40. The van der Waals surface area contributed by atoms with Gasteiger partial charge in [0.05, 0.1) is 16.6 Å². The van der Waals surface area contributed by atoms with Gasteiger partial charge in [0.15, 0.2) is 0 Å². The van der Waals surface area contributed by atoms with Crippen molar-refractivity contribution in [3.05, 3.63) is 100 Å². The highest BCUT2D eigenvalue weighted by atomic mass is 16.3. The minimum Gasteiger partial charge on any atom is -0.507 e. The fourth-order valence-electron chi connectivity index (χ4n) is 3.36. The summed E-state index contributed by atoms with van der Waals surface area (Å²) in [6.45, 7) is 1.88. The standard InChI is InChI=1S/C23H20N2O2/c1-16-8-7-9-17(22(16)26)14-15-21-24-20-13-6-5-12-19(20)23(27)25(21)18-10-3-2-4-11-18/h2-13,26H,14-15H2,1H3. The zero-order valence-electron chi connectivity index (χ0n) is 15.1. The van der Waals surface area contributed by atoms with Crippen molar-refractivity contribution in [2.24, 2.45) is 0 Å². The maximum Gasteiger partial charge on any atom is 0.265 e. The Morgan fingerprint density at radius 1 is 0.889 bits per heavy atom. The lowest BCUT2D eigenvalue weighted by Crippen LogP contribution is -2.24. The Labute approximate surface area is 157 Å². The van der Waals surface area contributed by atoms with Crippen molar-refractivity contribution in [3.63, 3.8) is 0 Å². The third kappa shape index (κ3) is 3.22. The SMILES string of the molecule is Cc1cccc(CCc2nc3ccccc3c(=O)n2-c2ccccc2)c1O. The molecule has 4 heteroatoms. The molecule has 27 heavy (non-hydrogen) atoms. The van der Waals surface area contributed by atoms with Crippen LogP contribution in [0, 0.1) is 6.92 Å². The van der Waals surface area contributed by atoms with Gasteiger partial charge in [-0.25, -0.2) is 4.98 Å². The molecule has 0 saturated carbocycles. The Morgan fingerprint density at radius 3 is 2.44 bits per heavy atom. The lowest BCUT2D eigenvalue weighted by molar-refractivity contribution is 0.463. The summed E-state index contributed by atoms with van der Waals surface area (Å²) >= 11 is 0. The predicted molar refractivity (Wildman–Crippen MR) is 108 cm³/mol. The molecule has 1 aromatic heterocycles. The molecule has 0 aliphatic heterocycles. The minimum atomic E-state index is -0.0738. The fourth-order valence-corrected chi connectivity index (χ4v) is 3.36. The number of fused-ring (bicyclic) bond motifs is 1. The maximum atomic E-state index is 13.2. The molecule has 0 fully saturated rings. The molecule has 0 spiro atoms. The maximum absolute atomic E-state index is 13.2. The lowest BCUT2D eigenvalue weighted by Gasteiger charge is -2.14. The average Bonchev–Trinajstić information content (AvgIpc) is 2.70. The summed E-state index contributed by atoms with van der Waals surface area (Å²) in [6.07, 6.45) is 1.15. The number of phenolic OH excluding ortho intramolecular Hbond substituents is 1. The molecular formula is C23H20N2O2. The molecule has 0 amide bonds. The summed E-state index contributed by atoms with van der Waals surface area (Å²) in [4.78, 5) is 17.9. The number of rotatable bonds is 4. The fraction of sp³-hybridized carbons (Fsp3) is 0.130. The van der Waals surface area contributed by atoms with Crippen molar-refractivity contribution in [1.29, 1.82) is 0 Å². The van der Waals surface area contributed by atoms with E-state index in [0.717, 1.165) is 16.8 Å². The molecule has 4 rings (SSSR count). The zero-order valence-corrected chi connectivity index (χ0v) is 15.1. The van der Waals surface area contributed by atoms with Crippen LogP contribution in [0.15, 0.2) is 77.6 Å². The molecule has 134 valence electrons. The van der Waals surface area contributed by atoms with Crippen molar-refractivity contribution in [3.8, 4) is 11.4 Å². The van der Waals surface area contributed by atoms with Gasteiger partial charge < -0.3 is 5.11 Å². The van der Waals surface area contributed by atoms with Crippen LogP contribution in [0.4, 0.5) is 0 Å². The van der Waals surface area contributed by atoms with Crippen LogP contribution in [0.2, 0.25) is 0 Å². The van der Waals surface area contributed by atoms with Gasteiger partial charge in [0.1, 0.15) is 11.6 Å². The van der Waals surface area contributed by atoms with Crippen LogP contribution in [0.3, 0.4) is 0 Å². The summed E-state index contributed by atoms with van der Waals surface area (Å²) in [5.41, 5.74) is 3.12. The van der Waals surface area contributed by atoms with Crippen molar-refractivity contribution in [1.82, 2.24) is 9.55 Å². The molecule has 3 aromatic carbocycles. The second kappa shape index (κ2) is 7.08. The molecule has 0 unspecified atom stereocenters. The highest BCUT2D eigenvalue weighted by molar-refractivity contribution is 5.77. The molecule has 4 nitrogen and oxygen atoms in total. The largest absolute Gasteiger partial charge is 0.507 e. The summed E-state index contributed by atoms with van der Waals surface area (Å²) in [7, 11) is 0. The molecule has 0 saturated heterocycles. The first-order chi connectivity index (χ1) is 13.1. The van der Waals surface area contributed by atoms with Gasteiger partial charge in [-0.3, -0.25) is 9.36 Å². The van der Waals surface area contributed by atoms with Crippen LogP contribution in [0.1, 0.15) is 17.0 Å². The third-order valence-corrected chi connectivity index (χ3v) is 4.80. The van der Waals surface area contributed by atoms with Crippen molar-refractivity contribution < 1.29 is 5.11 Å². The first-order valence-electron chi connectivity index (χ1n) is 8.98. The molecule has 0 atom stereocenters.